The molecule has 3 rings (SSSR count). The fourth-order valence-corrected chi connectivity index (χ4v) is 2.03. The first-order valence-electron chi connectivity index (χ1n) is 5.96. The molecule has 1 aromatic heterocycles. The van der Waals surface area contributed by atoms with Gasteiger partial charge in [0.05, 0.1) is 5.39 Å². The van der Waals surface area contributed by atoms with E-state index in [4.69, 9.17) is 4.42 Å². The van der Waals surface area contributed by atoms with Gasteiger partial charge in [0.15, 0.2) is 11.2 Å². The van der Waals surface area contributed by atoms with Gasteiger partial charge in [0.2, 0.25) is 0 Å². The number of fused-ring (bicyclic) bond motifs is 1. The van der Waals surface area contributed by atoms with Crippen LogP contribution in [0.3, 0.4) is 0 Å². The van der Waals surface area contributed by atoms with Crippen molar-refractivity contribution >= 4 is 11.0 Å². The molecule has 6 nitrogen and oxygen atoms in total. The standard InChI is InChI=1S/C15H10O6/c16-8-3-1-7(2-4-8)11-5-9(17)13-12(21-11)6-10(18)14(19)15(13)20/h1-6,16,18-20H/p-1. The van der Waals surface area contributed by atoms with E-state index in [0.29, 0.717) is 5.56 Å². The van der Waals surface area contributed by atoms with Crippen LogP contribution < -0.4 is 10.5 Å². The lowest BCUT2D eigenvalue weighted by atomic mass is 10.1. The van der Waals surface area contributed by atoms with E-state index in [2.05, 4.69) is 0 Å². The molecule has 0 fully saturated rings. The highest BCUT2D eigenvalue weighted by atomic mass is 16.3. The van der Waals surface area contributed by atoms with Gasteiger partial charge in [0, 0.05) is 17.7 Å². The van der Waals surface area contributed by atoms with Crippen LogP contribution in [0.2, 0.25) is 0 Å². The number of phenolic OH excluding ortho intramolecular Hbond substituents is 3. The summed E-state index contributed by atoms with van der Waals surface area (Å²) in [5.74, 6) is -2.27. The van der Waals surface area contributed by atoms with E-state index in [1.807, 2.05) is 0 Å². The Hall–Kier alpha value is -3.15. The summed E-state index contributed by atoms with van der Waals surface area (Å²) in [4.78, 5) is 12.0. The molecule has 3 aromatic rings. The Morgan fingerprint density at radius 2 is 1.67 bits per heavy atom. The van der Waals surface area contributed by atoms with Gasteiger partial charge in [-0.1, -0.05) is 0 Å². The lowest BCUT2D eigenvalue weighted by molar-refractivity contribution is -0.267. The minimum absolute atomic E-state index is 0.0614. The van der Waals surface area contributed by atoms with Gasteiger partial charge in [0.25, 0.3) is 0 Å². The first-order chi connectivity index (χ1) is 9.97. The van der Waals surface area contributed by atoms with E-state index >= 15 is 0 Å². The Labute approximate surface area is 117 Å². The highest BCUT2D eigenvalue weighted by Gasteiger charge is 2.12. The van der Waals surface area contributed by atoms with Crippen molar-refractivity contribution in [1.82, 2.24) is 0 Å². The van der Waals surface area contributed by atoms with Crippen molar-refractivity contribution in [3.63, 3.8) is 0 Å². The molecule has 0 saturated heterocycles. The predicted molar refractivity (Wildman–Crippen MR) is 72.4 cm³/mol. The third-order valence-corrected chi connectivity index (χ3v) is 3.08. The van der Waals surface area contributed by atoms with Crippen LogP contribution in [0.1, 0.15) is 0 Å². The Balaban J connectivity index is 2.31. The summed E-state index contributed by atoms with van der Waals surface area (Å²) in [6, 6.07) is 8.05. The van der Waals surface area contributed by atoms with Crippen LogP contribution in [-0.4, -0.2) is 15.3 Å². The molecule has 6 heteroatoms. The van der Waals surface area contributed by atoms with Gasteiger partial charge in [-0.15, -0.1) is 0 Å². The highest BCUT2D eigenvalue weighted by Crippen LogP contribution is 2.38. The number of rotatable bonds is 1. The van der Waals surface area contributed by atoms with Gasteiger partial charge < -0.3 is 24.8 Å². The van der Waals surface area contributed by atoms with Gasteiger partial charge in [-0.3, -0.25) is 4.79 Å². The second kappa shape index (κ2) is 4.45. The number of aromatic hydroxyl groups is 3. The maximum atomic E-state index is 12.0. The van der Waals surface area contributed by atoms with Crippen LogP contribution in [0.25, 0.3) is 22.3 Å². The number of benzene rings is 2. The average molecular weight is 285 g/mol. The molecule has 0 aliphatic carbocycles. The molecule has 106 valence electrons. The summed E-state index contributed by atoms with van der Waals surface area (Å²) in [6.07, 6.45) is 0. The van der Waals surface area contributed by atoms with Crippen molar-refractivity contribution in [1.29, 1.82) is 0 Å². The largest absolute Gasteiger partial charge is 0.869 e. The second-order valence-electron chi connectivity index (χ2n) is 4.47. The van der Waals surface area contributed by atoms with Crippen molar-refractivity contribution in [3.05, 3.63) is 46.6 Å². The Kier molecular flexibility index (Phi) is 2.72. The van der Waals surface area contributed by atoms with Crippen LogP contribution in [0.4, 0.5) is 0 Å². The predicted octanol–water partition coefficient (Wildman–Crippen LogP) is 1.65. The molecule has 0 unspecified atom stereocenters. The zero-order chi connectivity index (χ0) is 15.1. The van der Waals surface area contributed by atoms with Crippen LogP contribution in [0, 0.1) is 0 Å². The molecular formula is C15H9O6-. The molecular weight excluding hydrogens is 276 g/mol. The van der Waals surface area contributed by atoms with E-state index in [1.165, 1.54) is 24.3 Å². The smallest absolute Gasteiger partial charge is 0.192 e. The minimum atomic E-state index is -0.976. The lowest BCUT2D eigenvalue weighted by Gasteiger charge is -2.13. The van der Waals surface area contributed by atoms with Crippen molar-refractivity contribution in [2.45, 2.75) is 0 Å². The van der Waals surface area contributed by atoms with E-state index in [0.717, 1.165) is 12.1 Å². The normalized spacial score (nSPS) is 10.9. The summed E-state index contributed by atoms with van der Waals surface area (Å²) in [5.41, 5.74) is -0.225. The summed E-state index contributed by atoms with van der Waals surface area (Å²) in [7, 11) is 0. The monoisotopic (exact) mass is 285 g/mol. The first-order valence-corrected chi connectivity index (χ1v) is 5.96. The number of hydrogen-bond acceptors (Lipinski definition) is 6. The molecule has 0 atom stereocenters. The molecule has 1 heterocycles. The zero-order valence-electron chi connectivity index (χ0n) is 10.5. The fraction of sp³-hybridized carbons (Fsp3) is 0. The second-order valence-corrected chi connectivity index (χ2v) is 4.47. The average Bonchev–Trinajstić information content (AvgIpc) is 2.45. The van der Waals surface area contributed by atoms with Gasteiger partial charge in [-0.2, -0.15) is 0 Å². The highest BCUT2D eigenvalue weighted by molar-refractivity contribution is 5.88. The van der Waals surface area contributed by atoms with Crippen LogP contribution in [-0.2, 0) is 0 Å². The van der Waals surface area contributed by atoms with Crippen molar-refractivity contribution in [2.24, 2.45) is 0 Å². The van der Waals surface area contributed by atoms with Gasteiger partial charge in [-0.25, -0.2) is 0 Å². The van der Waals surface area contributed by atoms with E-state index in [1.54, 1.807) is 0 Å². The van der Waals surface area contributed by atoms with Crippen molar-refractivity contribution in [2.75, 3.05) is 0 Å². The molecule has 0 aliphatic rings. The van der Waals surface area contributed by atoms with E-state index < -0.39 is 22.7 Å². The van der Waals surface area contributed by atoms with Crippen molar-refractivity contribution < 1.29 is 24.8 Å². The van der Waals surface area contributed by atoms with E-state index in [9.17, 15) is 25.2 Å². The van der Waals surface area contributed by atoms with Gasteiger partial charge in [0.1, 0.15) is 22.8 Å². The summed E-state index contributed by atoms with van der Waals surface area (Å²) in [6.45, 7) is 0. The first kappa shape index (κ1) is 12.9. The van der Waals surface area contributed by atoms with Gasteiger partial charge >= 0.3 is 0 Å². The quantitative estimate of drug-likeness (QED) is 0.586. The zero-order valence-corrected chi connectivity index (χ0v) is 10.5. The minimum Gasteiger partial charge on any atom is -0.869 e. The maximum absolute atomic E-state index is 12.0. The maximum Gasteiger partial charge on any atom is 0.192 e. The Morgan fingerprint density at radius 3 is 2.33 bits per heavy atom. The van der Waals surface area contributed by atoms with Crippen LogP contribution in [0.15, 0.2) is 45.6 Å². The molecule has 0 radical (unpaired) electrons. The molecule has 21 heavy (non-hydrogen) atoms. The lowest BCUT2D eigenvalue weighted by Crippen LogP contribution is -2.05. The third-order valence-electron chi connectivity index (χ3n) is 3.08. The molecule has 3 N–H and O–H groups in total. The van der Waals surface area contributed by atoms with Gasteiger partial charge in [-0.05, 0) is 30.0 Å². The molecule has 0 saturated carbocycles. The number of phenols is 3. The fourth-order valence-electron chi connectivity index (χ4n) is 2.03. The molecule has 0 spiro atoms. The molecule has 0 bridgehead atoms. The number of hydrogen-bond donors (Lipinski definition) is 3. The Morgan fingerprint density at radius 1 is 1.00 bits per heavy atom. The molecule has 2 aromatic carbocycles. The van der Waals surface area contributed by atoms with Crippen LogP contribution >= 0.6 is 0 Å². The Bertz CT molecular complexity index is 893. The molecule has 0 aliphatic heterocycles. The SMILES string of the molecule is O=c1cc(-c2ccc(O)cc2)oc2cc(O)c(O)c([O-])c12. The summed E-state index contributed by atoms with van der Waals surface area (Å²) in [5, 5.41) is 39.5. The topological polar surface area (TPSA) is 114 Å². The third kappa shape index (κ3) is 2.02. The summed E-state index contributed by atoms with van der Waals surface area (Å²) < 4.78 is 5.43. The van der Waals surface area contributed by atoms with E-state index in [-0.39, 0.29) is 22.5 Å². The molecule has 0 amide bonds. The summed E-state index contributed by atoms with van der Waals surface area (Å²) >= 11 is 0. The van der Waals surface area contributed by atoms with Crippen LogP contribution in [0.5, 0.6) is 23.0 Å². The van der Waals surface area contributed by atoms with Crippen molar-refractivity contribution in [3.8, 4) is 34.3 Å².